The predicted octanol–water partition coefficient (Wildman–Crippen LogP) is -2.07. The molecule has 4 rings (SSSR count). The van der Waals surface area contributed by atoms with Crippen LogP contribution in [0.2, 0.25) is 0 Å². The first-order valence-corrected chi connectivity index (χ1v) is 17.2. The maximum atomic E-state index is 13.9. The Hall–Kier alpha value is -4.57. The first kappa shape index (κ1) is 43.2. The zero-order valence-corrected chi connectivity index (χ0v) is 30.1. The number of aliphatic hydroxyl groups excluding tert-OH is 1. The number of carbonyl (C=O) groups is 3. The third-order valence-electron chi connectivity index (χ3n) is 9.68. The molecule has 1 aliphatic heterocycles. The van der Waals surface area contributed by atoms with Gasteiger partial charge in [-0.25, -0.2) is 4.79 Å². The van der Waals surface area contributed by atoms with Gasteiger partial charge in [0.1, 0.15) is 18.4 Å². The zero-order chi connectivity index (χ0) is 41.1. The van der Waals surface area contributed by atoms with Crippen LogP contribution in [0.1, 0.15) is 48.4 Å². The summed E-state index contributed by atoms with van der Waals surface area (Å²) < 4.78 is 5.75. The van der Waals surface area contributed by atoms with E-state index in [1.807, 2.05) is 0 Å². The predicted molar refractivity (Wildman–Crippen MR) is 188 cm³/mol. The van der Waals surface area contributed by atoms with Crippen LogP contribution in [0.3, 0.4) is 0 Å². The summed E-state index contributed by atoms with van der Waals surface area (Å²) in [5, 5.41) is 123. The van der Waals surface area contributed by atoms with E-state index in [-0.39, 0.29) is 16.0 Å². The van der Waals surface area contributed by atoms with Crippen molar-refractivity contribution >= 4 is 17.7 Å². The second-order valence-electron chi connectivity index (χ2n) is 13.6. The number of nitrogens with one attached hydrogen (secondary N) is 2. The summed E-state index contributed by atoms with van der Waals surface area (Å²) in [5.41, 5.74) is 1.02. The minimum Gasteiger partial charge on any atom is -0.485 e. The van der Waals surface area contributed by atoms with Crippen LogP contribution in [0.25, 0.3) is 0 Å². The van der Waals surface area contributed by atoms with E-state index in [4.69, 9.17) is 4.74 Å². The first-order chi connectivity index (χ1) is 25.5. The molecule has 3 aromatic carbocycles. The topological polar surface area (TPSA) is 310 Å². The lowest BCUT2D eigenvalue weighted by molar-refractivity contribution is -0.495. The van der Waals surface area contributed by atoms with Crippen molar-refractivity contribution in [2.75, 3.05) is 6.61 Å². The van der Waals surface area contributed by atoms with Gasteiger partial charge in [0.15, 0.2) is 11.6 Å². The molecule has 13 N–H and O–H groups in total. The summed E-state index contributed by atoms with van der Waals surface area (Å²) in [6, 6.07) is 13.3. The summed E-state index contributed by atoms with van der Waals surface area (Å²) in [6.07, 6.45) is -4.32. The number of aryl methyl sites for hydroxylation is 2. The Morgan fingerprint density at radius 2 is 1.33 bits per heavy atom. The van der Waals surface area contributed by atoms with E-state index in [1.54, 1.807) is 38.1 Å². The van der Waals surface area contributed by atoms with E-state index in [9.17, 15) is 70.6 Å². The van der Waals surface area contributed by atoms with Crippen molar-refractivity contribution in [2.24, 2.45) is 5.92 Å². The summed E-state index contributed by atoms with van der Waals surface area (Å²) in [4.78, 5) is 39.9. The molecule has 1 saturated heterocycles. The minimum absolute atomic E-state index is 0.157. The van der Waals surface area contributed by atoms with Gasteiger partial charge in [-0.3, -0.25) is 19.8 Å². The van der Waals surface area contributed by atoms with E-state index in [2.05, 4.69) is 5.32 Å². The van der Waals surface area contributed by atoms with Crippen LogP contribution in [-0.2, 0) is 21.2 Å². The monoisotopic (exact) mass is 773 g/mol. The van der Waals surface area contributed by atoms with Crippen LogP contribution in [0.4, 0.5) is 4.79 Å². The third kappa shape index (κ3) is 8.64. The lowest BCUT2D eigenvalue weighted by Gasteiger charge is -2.53. The largest absolute Gasteiger partial charge is 0.485 e. The number of para-hydroxylation sites is 1. The van der Waals surface area contributed by atoms with Gasteiger partial charge in [-0.2, -0.15) is 0 Å². The molecule has 1 fully saturated rings. The quantitative estimate of drug-likeness (QED) is 0.0696. The van der Waals surface area contributed by atoms with Crippen LogP contribution in [0, 0.1) is 19.8 Å². The van der Waals surface area contributed by atoms with Gasteiger partial charge >= 0.3 is 23.6 Å². The van der Waals surface area contributed by atoms with Gasteiger partial charge in [-0.1, -0.05) is 85.8 Å². The Morgan fingerprint density at radius 3 is 1.84 bits per heavy atom. The molecular weight excluding hydrogens is 726 g/mol. The molecule has 18 nitrogen and oxygen atoms in total. The molecule has 0 radical (unpaired) electrons. The number of carbonyl (C=O) groups excluding carboxylic acids is 3. The number of aliphatic hydroxyl groups is 11. The SMILES string of the molecule is CCC(C(=O)NC(CC(O)C(CC(=O)COc1c(C)cccc1C)C(O)(O)c1ccccc1)C(O)(O)c1ccccc1)N1C(=O)NC(O)(O)C(O)(O)C1(O)O. The number of Topliss-reactive ketones (excluding diaryl/α,β-unsaturated/α-hetero) is 1. The van der Waals surface area contributed by atoms with Crippen LogP contribution in [0.15, 0.2) is 78.9 Å². The maximum absolute atomic E-state index is 13.9. The fraction of sp³-hybridized carbons (Fsp3) is 0.432. The van der Waals surface area contributed by atoms with Crippen LogP contribution >= 0.6 is 0 Å². The number of nitrogens with zero attached hydrogens (tertiary/aromatic N) is 1. The van der Waals surface area contributed by atoms with Crippen molar-refractivity contribution in [2.45, 2.75) is 87.4 Å². The van der Waals surface area contributed by atoms with Crippen LogP contribution in [0.5, 0.6) is 5.75 Å². The first-order valence-electron chi connectivity index (χ1n) is 17.2. The Labute approximate surface area is 315 Å². The van der Waals surface area contributed by atoms with E-state index >= 15 is 0 Å². The zero-order valence-electron chi connectivity index (χ0n) is 30.1. The molecule has 18 heteroatoms. The second-order valence-corrected chi connectivity index (χ2v) is 13.6. The Morgan fingerprint density at radius 1 is 0.818 bits per heavy atom. The minimum atomic E-state index is -4.33. The molecule has 300 valence electrons. The smallest absolute Gasteiger partial charge is 0.326 e. The van der Waals surface area contributed by atoms with Gasteiger partial charge in [0.25, 0.3) is 0 Å². The molecule has 3 aromatic rings. The molecular formula is C37H47N3O15. The van der Waals surface area contributed by atoms with Crippen molar-refractivity contribution in [3.63, 3.8) is 0 Å². The average molecular weight is 774 g/mol. The van der Waals surface area contributed by atoms with Gasteiger partial charge in [-0.15, -0.1) is 0 Å². The Bertz CT molecular complexity index is 1800. The third-order valence-corrected chi connectivity index (χ3v) is 9.68. The number of ketones is 1. The van der Waals surface area contributed by atoms with E-state index in [0.29, 0.717) is 5.75 Å². The molecule has 1 aliphatic rings. The molecule has 0 bridgehead atoms. The average Bonchev–Trinajstić information content (AvgIpc) is 3.11. The van der Waals surface area contributed by atoms with E-state index in [0.717, 1.165) is 11.1 Å². The number of urea groups is 1. The summed E-state index contributed by atoms with van der Waals surface area (Å²) >= 11 is 0. The molecule has 4 unspecified atom stereocenters. The highest BCUT2D eigenvalue weighted by atomic mass is 16.7. The van der Waals surface area contributed by atoms with Crippen LogP contribution in [-0.4, -0.2) is 121 Å². The molecule has 0 aromatic heterocycles. The van der Waals surface area contributed by atoms with E-state index in [1.165, 1.54) is 66.8 Å². The maximum Gasteiger partial charge on any atom is 0.326 e. The summed E-state index contributed by atoms with van der Waals surface area (Å²) in [6.45, 7) is 4.19. The van der Waals surface area contributed by atoms with Crippen molar-refractivity contribution in [1.29, 1.82) is 0 Å². The number of benzene rings is 3. The molecule has 0 spiro atoms. The standard InChI is InChI=1S/C37H47N3O15/c1-4-27(40-32(44)39-36(51,52)35(49,50)37(40,53)54)31(43)38-29(34(47,48)24-16-9-6-10-17-24)19-28(42)26(33(45,46)23-14-7-5-8-15-23)18-25(41)20-55-30-21(2)12-11-13-22(30)3/h5-17,26-29,42,45-54H,4,18-20H2,1-3H3,(H,38,43)(H,39,44). The van der Waals surface area contributed by atoms with E-state index < -0.39 is 96.9 Å². The van der Waals surface area contributed by atoms with Gasteiger partial charge in [-0.05, 0) is 37.8 Å². The molecule has 55 heavy (non-hydrogen) atoms. The van der Waals surface area contributed by atoms with Crippen molar-refractivity contribution < 1.29 is 75.3 Å². The van der Waals surface area contributed by atoms with Gasteiger partial charge in [0.2, 0.25) is 11.7 Å². The highest BCUT2D eigenvalue weighted by molar-refractivity contribution is 5.88. The number of rotatable bonds is 16. The van der Waals surface area contributed by atoms with Gasteiger partial charge in [0.05, 0.1) is 18.1 Å². The summed E-state index contributed by atoms with van der Waals surface area (Å²) in [7, 11) is 0. The van der Waals surface area contributed by atoms with Crippen LogP contribution < -0.4 is 15.4 Å². The molecule has 3 amide bonds. The molecule has 1 heterocycles. The van der Waals surface area contributed by atoms with Crippen molar-refractivity contribution in [3.05, 3.63) is 101 Å². The van der Waals surface area contributed by atoms with Crippen molar-refractivity contribution in [1.82, 2.24) is 15.5 Å². The molecule has 0 saturated carbocycles. The number of ether oxygens (including phenoxy) is 1. The lowest BCUT2D eigenvalue weighted by Crippen LogP contribution is -2.86. The summed E-state index contributed by atoms with van der Waals surface area (Å²) in [5.74, 6) is -22.2. The highest BCUT2D eigenvalue weighted by Gasteiger charge is 2.72. The highest BCUT2D eigenvalue weighted by Crippen LogP contribution is 2.38. The number of hydrogen-bond donors (Lipinski definition) is 13. The Kier molecular flexibility index (Phi) is 12.8. The normalized spacial score (nSPS) is 18.7. The number of amides is 3. The second kappa shape index (κ2) is 16.3. The lowest BCUT2D eigenvalue weighted by atomic mass is 9.80. The Balaban J connectivity index is 1.71. The van der Waals surface area contributed by atoms with Gasteiger partial charge in [0, 0.05) is 17.5 Å². The number of hydrogen-bond acceptors (Lipinski definition) is 15. The fourth-order valence-electron chi connectivity index (χ4n) is 6.49. The van der Waals surface area contributed by atoms with Crippen molar-refractivity contribution in [3.8, 4) is 5.75 Å². The molecule has 4 atom stereocenters. The fourth-order valence-corrected chi connectivity index (χ4v) is 6.49. The van der Waals surface area contributed by atoms with Gasteiger partial charge < -0.3 is 66.2 Å². The molecule has 0 aliphatic carbocycles.